The van der Waals surface area contributed by atoms with Crippen molar-refractivity contribution >= 4 is 6.09 Å². The number of ether oxygens (including phenoxy) is 2. The molecule has 2 unspecified atom stereocenters. The van der Waals surface area contributed by atoms with E-state index in [1.165, 1.54) is 12.0 Å². The number of rotatable bonds is 10. The number of benzene rings is 2. The Bertz CT molecular complexity index is 886. The lowest BCUT2D eigenvalue weighted by atomic mass is 9.91. The summed E-state index contributed by atoms with van der Waals surface area (Å²) in [5.41, 5.74) is 1.72. The molecule has 0 radical (unpaired) electrons. The van der Waals surface area contributed by atoms with Gasteiger partial charge in [-0.05, 0) is 61.8 Å². The van der Waals surface area contributed by atoms with E-state index in [2.05, 4.69) is 6.92 Å². The minimum Gasteiger partial charge on any atom is -0.465 e. The number of methoxy groups -OCH3 is 1. The zero-order valence-corrected chi connectivity index (χ0v) is 19.1. The van der Waals surface area contributed by atoms with Crippen molar-refractivity contribution in [1.82, 2.24) is 4.90 Å². The number of hydrogen-bond acceptors (Lipinski definition) is 4. The highest BCUT2D eigenvalue weighted by molar-refractivity contribution is 5.65. The van der Waals surface area contributed by atoms with Gasteiger partial charge in [-0.25, -0.2) is 4.79 Å². The number of carbonyl (C=O) groups is 1. The number of hydrogen-bond donors (Lipinski definition) is 2. The van der Waals surface area contributed by atoms with E-state index in [0.717, 1.165) is 49.8 Å². The molecule has 1 aliphatic heterocycles. The first-order chi connectivity index (χ1) is 15.5. The predicted octanol–water partition coefficient (Wildman–Crippen LogP) is 5.78. The average molecular weight is 442 g/mol. The SMILES string of the molecule is CCc1ccccc1Oc1ccccc1C(O)(CCCCC1CCCN(C(=O)O)C1)OC. The van der Waals surface area contributed by atoms with Gasteiger partial charge in [0.05, 0.1) is 5.56 Å². The topological polar surface area (TPSA) is 79.2 Å². The highest BCUT2D eigenvalue weighted by Crippen LogP contribution is 2.38. The number of unbranched alkanes of at least 4 members (excludes halogenated alkanes) is 1. The molecule has 0 saturated carbocycles. The number of nitrogens with zero attached hydrogens (tertiary/aromatic N) is 1. The molecule has 1 fully saturated rings. The molecule has 32 heavy (non-hydrogen) atoms. The highest BCUT2D eigenvalue weighted by Gasteiger charge is 2.32. The molecule has 6 heteroatoms. The normalized spacial score (nSPS) is 18.2. The number of para-hydroxylation sites is 2. The van der Waals surface area contributed by atoms with Crippen LogP contribution in [0.1, 0.15) is 56.6 Å². The number of carboxylic acid groups (broad SMARTS) is 1. The Kier molecular flexibility index (Phi) is 8.53. The van der Waals surface area contributed by atoms with Crippen molar-refractivity contribution in [3.8, 4) is 11.5 Å². The first kappa shape index (κ1) is 24.1. The van der Waals surface area contributed by atoms with Gasteiger partial charge in [-0.3, -0.25) is 0 Å². The van der Waals surface area contributed by atoms with Crippen LogP contribution >= 0.6 is 0 Å². The van der Waals surface area contributed by atoms with E-state index in [9.17, 15) is 15.0 Å². The summed E-state index contributed by atoms with van der Waals surface area (Å²) in [6.07, 6.45) is 5.08. The highest BCUT2D eigenvalue weighted by atomic mass is 16.6. The van der Waals surface area contributed by atoms with E-state index in [0.29, 0.717) is 36.7 Å². The fourth-order valence-corrected chi connectivity index (χ4v) is 4.51. The minimum atomic E-state index is -1.45. The summed E-state index contributed by atoms with van der Waals surface area (Å²) in [5.74, 6) is 0.303. The summed E-state index contributed by atoms with van der Waals surface area (Å²) in [6.45, 7) is 3.33. The second-order valence-electron chi connectivity index (χ2n) is 8.53. The van der Waals surface area contributed by atoms with Crippen molar-refractivity contribution in [2.45, 2.75) is 57.7 Å². The van der Waals surface area contributed by atoms with Crippen molar-refractivity contribution < 1.29 is 24.5 Å². The van der Waals surface area contributed by atoms with Gasteiger partial charge in [-0.1, -0.05) is 43.7 Å². The van der Waals surface area contributed by atoms with Crippen LogP contribution in [0.15, 0.2) is 48.5 Å². The lowest BCUT2D eigenvalue weighted by Gasteiger charge is -2.31. The Morgan fingerprint density at radius 3 is 2.56 bits per heavy atom. The molecule has 0 aromatic heterocycles. The fraction of sp³-hybridized carbons (Fsp3) is 0.500. The lowest BCUT2D eigenvalue weighted by molar-refractivity contribution is -0.200. The van der Waals surface area contributed by atoms with Gasteiger partial charge in [-0.15, -0.1) is 0 Å². The molecule has 6 nitrogen and oxygen atoms in total. The van der Waals surface area contributed by atoms with Crippen LogP contribution in [0.4, 0.5) is 4.79 Å². The number of aryl methyl sites for hydroxylation is 1. The van der Waals surface area contributed by atoms with Crippen LogP contribution in [0.5, 0.6) is 11.5 Å². The first-order valence-electron chi connectivity index (χ1n) is 11.6. The van der Waals surface area contributed by atoms with E-state index < -0.39 is 11.9 Å². The molecule has 2 atom stereocenters. The molecule has 174 valence electrons. The van der Waals surface area contributed by atoms with Crippen molar-refractivity contribution in [3.63, 3.8) is 0 Å². The summed E-state index contributed by atoms with van der Waals surface area (Å²) < 4.78 is 11.8. The first-order valence-corrected chi connectivity index (χ1v) is 11.6. The summed E-state index contributed by atoms with van der Waals surface area (Å²) in [6, 6.07) is 15.4. The molecule has 0 aliphatic carbocycles. The lowest BCUT2D eigenvalue weighted by Crippen LogP contribution is -2.39. The Hall–Kier alpha value is -2.57. The van der Waals surface area contributed by atoms with Crippen LogP contribution < -0.4 is 4.74 Å². The monoisotopic (exact) mass is 441 g/mol. The quantitative estimate of drug-likeness (QED) is 0.361. The van der Waals surface area contributed by atoms with E-state index in [1.54, 1.807) is 0 Å². The van der Waals surface area contributed by atoms with E-state index in [-0.39, 0.29) is 0 Å². The summed E-state index contributed by atoms with van der Waals surface area (Å²) in [5, 5.41) is 20.6. The van der Waals surface area contributed by atoms with Gasteiger partial charge in [0.2, 0.25) is 0 Å². The Morgan fingerprint density at radius 1 is 1.12 bits per heavy atom. The smallest absolute Gasteiger partial charge is 0.407 e. The maximum absolute atomic E-state index is 11.3. The molecule has 0 spiro atoms. The largest absolute Gasteiger partial charge is 0.465 e. The van der Waals surface area contributed by atoms with Gasteiger partial charge < -0.3 is 24.6 Å². The van der Waals surface area contributed by atoms with Crippen molar-refractivity contribution in [3.05, 3.63) is 59.7 Å². The van der Waals surface area contributed by atoms with Crippen LogP contribution in [0, 0.1) is 5.92 Å². The Morgan fingerprint density at radius 2 is 1.84 bits per heavy atom. The zero-order chi connectivity index (χ0) is 23.0. The third kappa shape index (κ3) is 6.02. The average Bonchev–Trinajstić information content (AvgIpc) is 2.82. The van der Waals surface area contributed by atoms with Crippen molar-refractivity contribution in [2.24, 2.45) is 5.92 Å². The van der Waals surface area contributed by atoms with Crippen LogP contribution in [0.25, 0.3) is 0 Å². The van der Waals surface area contributed by atoms with Crippen LogP contribution in [-0.4, -0.2) is 41.4 Å². The third-order valence-corrected chi connectivity index (χ3v) is 6.39. The van der Waals surface area contributed by atoms with Gasteiger partial charge in [0.1, 0.15) is 11.5 Å². The maximum Gasteiger partial charge on any atom is 0.407 e. The Balaban J connectivity index is 1.63. The molecule has 2 aromatic rings. The van der Waals surface area contributed by atoms with Gasteiger partial charge >= 0.3 is 6.09 Å². The van der Waals surface area contributed by atoms with Crippen LogP contribution in [-0.2, 0) is 16.9 Å². The van der Waals surface area contributed by atoms with Crippen molar-refractivity contribution in [2.75, 3.05) is 20.2 Å². The van der Waals surface area contributed by atoms with Crippen molar-refractivity contribution in [1.29, 1.82) is 0 Å². The maximum atomic E-state index is 11.3. The molecule has 2 aromatic carbocycles. The van der Waals surface area contributed by atoms with Crippen LogP contribution in [0.3, 0.4) is 0 Å². The molecular formula is C26H35NO5. The van der Waals surface area contributed by atoms with Gasteiger partial charge in [-0.2, -0.15) is 0 Å². The minimum absolute atomic E-state index is 0.386. The summed E-state index contributed by atoms with van der Waals surface area (Å²) >= 11 is 0. The van der Waals surface area contributed by atoms with E-state index >= 15 is 0 Å². The van der Waals surface area contributed by atoms with E-state index in [1.807, 2.05) is 48.5 Å². The molecule has 1 aliphatic rings. The van der Waals surface area contributed by atoms with Gasteiger partial charge in [0.15, 0.2) is 5.79 Å². The number of piperidine rings is 1. The fourth-order valence-electron chi connectivity index (χ4n) is 4.51. The Labute approximate surface area is 190 Å². The summed E-state index contributed by atoms with van der Waals surface area (Å²) in [4.78, 5) is 12.7. The molecule has 3 rings (SSSR count). The van der Waals surface area contributed by atoms with Crippen LogP contribution in [0.2, 0.25) is 0 Å². The van der Waals surface area contributed by atoms with Gasteiger partial charge in [0, 0.05) is 26.6 Å². The van der Waals surface area contributed by atoms with E-state index in [4.69, 9.17) is 9.47 Å². The molecule has 1 saturated heterocycles. The molecular weight excluding hydrogens is 406 g/mol. The second-order valence-corrected chi connectivity index (χ2v) is 8.53. The standard InChI is InChI=1S/C26H35NO5/c1-3-21-13-4-6-15-23(21)32-24-16-7-5-14-22(24)26(30,31-2)17-9-8-11-20-12-10-18-27(19-20)25(28)29/h4-7,13-16,20,30H,3,8-12,17-19H2,1-2H3,(H,28,29). The molecule has 0 bridgehead atoms. The second kappa shape index (κ2) is 11.3. The predicted molar refractivity (Wildman–Crippen MR) is 124 cm³/mol. The number of likely N-dealkylation sites (tertiary alicyclic amines) is 1. The molecule has 1 amide bonds. The molecule has 2 N–H and O–H groups in total. The van der Waals surface area contributed by atoms with Gasteiger partial charge in [0.25, 0.3) is 0 Å². The molecule has 1 heterocycles. The third-order valence-electron chi connectivity index (χ3n) is 6.39. The number of aliphatic hydroxyl groups is 1. The summed E-state index contributed by atoms with van der Waals surface area (Å²) in [7, 11) is 1.52. The zero-order valence-electron chi connectivity index (χ0n) is 19.1. The number of amides is 1.